The molecule has 0 N–H and O–H groups in total. The summed E-state index contributed by atoms with van der Waals surface area (Å²) in [6.45, 7) is 0.726. The Hall–Kier alpha value is -2.32. The lowest BCUT2D eigenvalue weighted by molar-refractivity contribution is 0.0591. The van der Waals surface area contributed by atoms with Gasteiger partial charge in [0.15, 0.2) is 5.82 Å². The predicted molar refractivity (Wildman–Crippen MR) is 100 cm³/mol. The van der Waals surface area contributed by atoms with Crippen molar-refractivity contribution in [2.75, 3.05) is 13.1 Å². The molecule has 0 unspecified atom stereocenters. The fourth-order valence-electron chi connectivity index (χ4n) is 3.17. The van der Waals surface area contributed by atoms with Crippen LogP contribution in [0.3, 0.4) is 0 Å². The molecule has 1 aliphatic heterocycles. The van der Waals surface area contributed by atoms with Crippen LogP contribution < -0.4 is 4.74 Å². The number of thiazole rings is 1. The van der Waals surface area contributed by atoms with Crippen LogP contribution in [0.4, 0.5) is 13.2 Å². The van der Waals surface area contributed by atoms with Crippen molar-refractivity contribution in [1.29, 1.82) is 0 Å². The van der Waals surface area contributed by atoms with E-state index in [1.54, 1.807) is 0 Å². The molecular weight excluding hydrogens is 413 g/mol. The molecular formula is C19H14ClF3N2O2S. The number of halogens is 4. The van der Waals surface area contributed by atoms with Crippen LogP contribution in [0.15, 0.2) is 30.3 Å². The largest absolute Gasteiger partial charge is 0.467 e. The average Bonchev–Trinajstić information content (AvgIpc) is 3.04. The molecule has 1 amide bonds. The molecule has 9 heteroatoms. The van der Waals surface area contributed by atoms with Gasteiger partial charge in [0.2, 0.25) is 0 Å². The number of carbonyl (C=O) groups is 1. The third-order valence-electron chi connectivity index (χ3n) is 4.57. The molecule has 1 aromatic heterocycles. The van der Waals surface area contributed by atoms with Crippen LogP contribution >= 0.6 is 22.9 Å². The van der Waals surface area contributed by atoms with Gasteiger partial charge in [-0.2, -0.15) is 4.98 Å². The minimum atomic E-state index is -0.733. The van der Waals surface area contributed by atoms with Gasteiger partial charge in [-0.3, -0.25) is 4.79 Å². The van der Waals surface area contributed by atoms with Gasteiger partial charge < -0.3 is 9.64 Å². The van der Waals surface area contributed by atoms with Gasteiger partial charge in [-0.25, -0.2) is 13.2 Å². The maximum atomic E-state index is 14.0. The maximum Gasteiger partial charge on any atom is 0.274 e. The highest BCUT2D eigenvalue weighted by molar-refractivity contribution is 7.20. The van der Waals surface area contributed by atoms with Crippen molar-refractivity contribution in [3.63, 3.8) is 0 Å². The number of hydrogen-bond acceptors (Lipinski definition) is 4. The van der Waals surface area contributed by atoms with Crippen molar-refractivity contribution < 1.29 is 22.7 Å². The van der Waals surface area contributed by atoms with Gasteiger partial charge in [-0.15, -0.1) is 0 Å². The number of likely N-dealkylation sites (tertiary alicyclic amines) is 1. The second-order valence-electron chi connectivity index (χ2n) is 6.42. The molecule has 1 fully saturated rings. The Morgan fingerprint density at radius 2 is 1.93 bits per heavy atom. The zero-order valence-electron chi connectivity index (χ0n) is 14.4. The van der Waals surface area contributed by atoms with Crippen LogP contribution in [-0.2, 0) is 0 Å². The highest BCUT2D eigenvalue weighted by atomic mass is 35.5. The Bertz CT molecular complexity index is 1030. The molecule has 0 bridgehead atoms. The summed E-state index contributed by atoms with van der Waals surface area (Å²) in [6, 6.07) is 6.11. The lowest BCUT2D eigenvalue weighted by Gasteiger charge is -2.31. The first-order chi connectivity index (χ1) is 13.4. The first-order valence-electron chi connectivity index (χ1n) is 8.58. The fourth-order valence-corrected chi connectivity index (χ4v) is 4.33. The molecule has 3 aromatic rings. The second-order valence-corrected chi connectivity index (χ2v) is 7.82. The van der Waals surface area contributed by atoms with Crippen molar-refractivity contribution >= 4 is 39.1 Å². The molecule has 0 radical (unpaired) electrons. The topological polar surface area (TPSA) is 42.4 Å². The molecule has 2 aromatic carbocycles. The number of piperidine rings is 1. The Morgan fingerprint density at radius 1 is 1.18 bits per heavy atom. The first-order valence-corrected chi connectivity index (χ1v) is 9.77. The van der Waals surface area contributed by atoms with Gasteiger partial charge in [0.05, 0.1) is 15.3 Å². The quantitative estimate of drug-likeness (QED) is 0.588. The first kappa shape index (κ1) is 19.0. The van der Waals surface area contributed by atoms with Crippen LogP contribution in [0.1, 0.15) is 23.2 Å². The Kier molecular flexibility index (Phi) is 5.16. The van der Waals surface area contributed by atoms with E-state index >= 15 is 0 Å². The smallest absolute Gasteiger partial charge is 0.274 e. The molecule has 0 aliphatic carbocycles. The van der Waals surface area contributed by atoms with E-state index in [-0.39, 0.29) is 27.4 Å². The fraction of sp³-hybridized carbons (Fsp3) is 0.263. The number of nitrogens with zero attached hydrogens (tertiary/aromatic N) is 2. The van der Waals surface area contributed by atoms with E-state index in [1.807, 2.05) is 0 Å². The number of aromatic nitrogens is 1. The zero-order chi connectivity index (χ0) is 19.8. The van der Waals surface area contributed by atoms with E-state index < -0.39 is 23.4 Å². The Labute approximate surface area is 167 Å². The molecule has 4 nitrogen and oxygen atoms in total. The molecule has 4 rings (SSSR count). The summed E-state index contributed by atoms with van der Waals surface area (Å²) >= 11 is 7.03. The number of carbonyl (C=O) groups excluding carboxylic acids is 1. The van der Waals surface area contributed by atoms with E-state index in [1.165, 1.54) is 29.2 Å². The molecule has 28 heavy (non-hydrogen) atoms. The van der Waals surface area contributed by atoms with E-state index in [0.717, 1.165) is 17.4 Å². The molecule has 0 saturated carbocycles. The second kappa shape index (κ2) is 7.60. The number of ether oxygens (including phenoxy) is 1. The predicted octanol–water partition coefficient (Wildman–Crippen LogP) is 5.05. The van der Waals surface area contributed by atoms with Crippen LogP contribution in [0.25, 0.3) is 10.2 Å². The van der Waals surface area contributed by atoms with Crippen LogP contribution in [-0.4, -0.2) is 35.0 Å². The third-order valence-corrected chi connectivity index (χ3v) is 5.78. The van der Waals surface area contributed by atoms with Crippen molar-refractivity contribution in [3.05, 3.63) is 58.4 Å². The lowest BCUT2D eigenvalue weighted by atomic mass is 10.1. The summed E-state index contributed by atoms with van der Waals surface area (Å²) in [7, 11) is 0. The van der Waals surface area contributed by atoms with E-state index in [4.69, 9.17) is 16.3 Å². The Morgan fingerprint density at radius 3 is 2.64 bits per heavy atom. The molecule has 146 valence electrons. The highest BCUT2D eigenvalue weighted by Crippen LogP contribution is 2.32. The average molecular weight is 427 g/mol. The summed E-state index contributed by atoms with van der Waals surface area (Å²) in [5.41, 5.74) is -0.0598. The van der Waals surface area contributed by atoms with Gasteiger partial charge in [0, 0.05) is 32.0 Å². The van der Waals surface area contributed by atoms with Gasteiger partial charge >= 0.3 is 0 Å². The van der Waals surface area contributed by atoms with Crippen LogP contribution in [0.2, 0.25) is 5.02 Å². The normalized spacial score (nSPS) is 15.2. The summed E-state index contributed by atoms with van der Waals surface area (Å²) in [6.07, 6.45) is 0.781. The van der Waals surface area contributed by atoms with E-state index in [0.29, 0.717) is 30.6 Å². The number of fused-ring (bicyclic) bond motifs is 1. The van der Waals surface area contributed by atoms with Crippen LogP contribution in [0.5, 0.6) is 5.19 Å². The molecule has 1 saturated heterocycles. The Balaban J connectivity index is 1.42. The summed E-state index contributed by atoms with van der Waals surface area (Å²) in [4.78, 5) is 18.2. The van der Waals surface area contributed by atoms with Crippen LogP contribution in [0, 0.1) is 17.5 Å². The number of amides is 1. The number of benzene rings is 2. The molecule has 0 spiro atoms. The summed E-state index contributed by atoms with van der Waals surface area (Å²) in [5, 5.41) is 0.327. The third kappa shape index (κ3) is 3.66. The maximum absolute atomic E-state index is 14.0. The van der Waals surface area contributed by atoms with Gasteiger partial charge in [0.25, 0.3) is 11.1 Å². The molecule has 1 aliphatic rings. The monoisotopic (exact) mass is 426 g/mol. The number of hydrogen-bond donors (Lipinski definition) is 0. The number of rotatable bonds is 3. The SMILES string of the molecule is O=C(c1c(F)cccc1Cl)N1CCC(Oc2nc3c(F)cc(F)cc3s2)CC1. The molecule has 2 heterocycles. The van der Waals surface area contributed by atoms with Crippen molar-refractivity contribution in [3.8, 4) is 5.19 Å². The summed E-state index contributed by atoms with van der Waals surface area (Å²) < 4.78 is 47.2. The van der Waals surface area contributed by atoms with Crippen molar-refractivity contribution in [2.24, 2.45) is 0 Å². The summed E-state index contributed by atoms with van der Waals surface area (Å²) in [5.74, 6) is -2.51. The molecule has 0 atom stereocenters. The minimum absolute atomic E-state index is 0.0724. The van der Waals surface area contributed by atoms with E-state index in [2.05, 4.69) is 4.98 Å². The van der Waals surface area contributed by atoms with Gasteiger partial charge in [0.1, 0.15) is 23.3 Å². The van der Waals surface area contributed by atoms with E-state index in [9.17, 15) is 18.0 Å². The van der Waals surface area contributed by atoms with Crippen molar-refractivity contribution in [2.45, 2.75) is 18.9 Å². The minimum Gasteiger partial charge on any atom is -0.467 e. The van der Waals surface area contributed by atoms with Crippen molar-refractivity contribution in [1.82, 2.24) is 9.88 Å². The highest BCUT2D eigenvalue weighted by Gasteiger charge is 2.28. The van der Waals surface area contributed by atoms with Gasteiger partial charge in [-0.1, -0.05) is 29.0 Å². The standard InChI is InChI=1S/C19H14ClF3N2O2S/c20-12-2-1-3-13(22)16(12)18(26)25-6-4-11(5-7-25)27-19-24-17-14(23)8-10(21)9-15(17)28-19/h1-3,8-9,11H,4-7H2. The lowest BCUT2D eigenvalue weighted by Crippen LogP contribution is -2.42. The zero-order valence-corrected chi connectivity index (χ0v) is 16.0. The van der Waals surface area contributed by atoms with Gasteiger partial charge in [-0.05, 0) is 18.2 Å².